The molecule has 2 atom stereocenters. The fourth-order valence-electron chi connectivity index (χ4n) is 4.51. The fourth-order valence-corrected chi connectivity index (χ4v) is 4.51. The van der Waals surface area contributed by atoms with Crippen molar-refractivity contribution in [2.24, 2.45) is 0 Å². The molecule has 5 heteroatoms. The van der Waals surface area contributed by atoms with E-state index in [0.717, 1.165) is 44.6 Å². The minimum absolute atomic E-state index is 0.122. The molecule has 0 bridgehead atoms. The van der Waals surface area contributed by atoms with E-state index in [0.29, 0.717) is 5.56 Å². The molecule has 2 aromatic carbocycles. The second-order valence-electron chi connectivity index (χ2n) is 7.65. The van der Waals surface area contributed by atoms with E-state index >= 15 is 0 Å². The Bertz CT molecular complexity index is 815. The summed E-state index contributed by atoms with van der Waals surface area (Å²) in [5.41, 5.74) is 0.841. The molecule has 142 valence electrons. The number of rotatable bonds is 4. The molecule has 1 aliphatic heterocycles. The SMILES string of the molecule is C[C@](O)(NC(=O)C1(N2CCNCC2)CCc2ccccc21)c1ccccc1. The summed E-state index contributed by atoms with van der Waals surface area (Å²) < 4.78 is 0. The number of fused-ring (bicyclic) bond motifs is 1. The number of hydrogen-bond acceptors (Lipinski definition) is 4. The van der Waals surface area contributed by atoms with E-state index in [1.54, 1.807) is 6.92 Å². The lowest BCUT2D eigenvalue weighted by Gasteiger charge is -2.44. The van der Waals surface area contributed by atoms with Crippen molar-refractivity contribution in [2.75, 3.05) is 26.2 Å². The Kier molecular flexibility index (Phi) is 4.76. The second-order valence-corrected chi connectivity index (χ2v) is 7.65. The molecule has 2 aliphatic rings. The van der Waals surface area contributed by atoms with E-state index in [1.165, 1.54) is 5.56 Å². The summed E-state index contributed by atoms with van der Waals surface area (Å²) in [7, 11) is 0. The molecular weight excluding hydrogens is 338 g/mol. The van der Waals surface area contributed by atoms with Crippen LogP contribution in [-0.4, -0.2) is 42.1 Å². The lowest BCUT2D eigenvalue weighted by molar-refractivity contribution is -0.142. The standard InChI is InChI=1S/C22H27N3O2/c1-21(27,18-8-3-2-4-9-18)24-20(26)22(25-15-13-23-14-16-25)12-11-17-7-5-6-10-19(17)22/h2-10,23,27H,11-16H2,1H3,(H,24,26)/t21-,22?/m1/s1. The summed E-state index contributed by atoms with van der Waals surface area (Å²) in [5.74, 6) is -0.122. The van der Waals surface area contributed by atoms with Crippen molar-refractivity contribution in [3.05, 3.63) is 71.3 Å². The van der Waals surface area contributed by atoms with Crippen LogP contribution in [0.15, 0.2) is 54.6 Å². The third-order valence-electron chi connectivity index (χ3n) is 5.94. The van der Waals surface area contributed by atoms with Crippen LogP contribution >= 0.6 is 0 Å². The maximum atomic E-state index is 13.7. The van der Waals surface area contributed by atoms with Crippen molar-refractivity contribution in [3.8, 4) is 0 Å². The average molecular weight is 365 g/mol. The number of aliphatic hydroxyl groups is 1. The highest BCUT2D eigenvalue weighted by atomic mass is 16.3. The van der Waals surface area contributed by atoms with Crippen LogP contribution in [-0.2, 0) is 22.5 Å². The van der Waals surface area contributed by atoms with Crippen LogP contribution in [0.2, 0.25) is 0 Å². The van der Waals surface area contributed by atoms with Gasteiger partial charge in [0.05, 0.1) is 0 Å². The molecule has 0 spiro atoms. The minimum Gasteiger partial charge on any atom is -0.367 e. The van der Waals surface area contributed by atoms with Crippen LogP contribution in [0.4, 0.5) is 0 Å². The summed E-state index contributed by atoms with van der Waals surface area (Å²) in [5, 5.41) is 17.3. The second kappa shape index (κ2) is 7.08. The van der Waals surface area contributed by atoms with Gasteiger partial charge in [0, 0.05) is 31.7 Å². The van der Waals surface area contributed by atoms with Gasteiger partial charge in [-0.2, -0.15) is 0 Å². The van der Waals surface area contributed by atoms with E-state index < -0.39 is 11.3 Å². The van der Waals surface area contributed by atoms with E-state index in [1.807, 2.05) is 42.5 Å². The Hall–Kier alpha value is -2.21. The number of aryl methyl sites for hydroxylation is 1. The fraction of sp³-hybridized carbons (Fsp3) is 0.409. The Morgan fingerprint density at radius 2 is 1.78 bits per heavy atom. The number of benzene rings is 2. The molecule has 1 heterocycles. The van der Waals surface area contributed by atoms with Gasteiger partial charge in [-0.25, -0.2) is 0 Å². The topological polar surface area (TPSA) is 64.6 Å². The lowest BCUT2D eigenvalue weighted by atomic mass is 9.87. The van der Waals surface area contributed by atoms with Crippen LogP contribution < -0.4 is 10.6 Å². The molecule has 1 fully saturated rings. The molecule has 3 N–H and O–H groups in total. The minimum atomic E-state index is -1.42. The van der Waals surface area contributed by atoms with Gasteiger partial charge in [-0.1, -0.05) is 54.6 Å². The summed E-state index contributed by atoms with van der Waals surface area (Å²) in [4.78, 5) is 16.0. The van der Waals surface area contributed by atoms with Gasteiger partial charge in [0.2, 0.25) is 5.91 Å². The van der Waals surface area contributed by atoms with Crippen molar-refractivity contribution < 1.29 is 9.90 Å². The highest BCUT2D eigenvalue weighted by Gasteiger charge is 2.51. The monoisotopic (exact) mass is 365 g/mol. The van der Waals surface area contributed by atoms with Gasteiger partial charge in [-0.15, -0.1) is 0 Å². The number of carbonyl (C=O) groups excluding carboxylic acids is 1. The van der Waals surface area contributed by atoms with E-state index in [2.05, 4.69) is 27.7 Å². The molecule has 4 rings (SSSR count). The molecular formula is C22H27N3O2. The third kappa shape index (κ3) is 3.16. The van der Waals surface area contributed by atoms with Gasteiger partial charge in [0.15, 0.2) is 5.72 Å². The van der Waals surface area contributed by atoms with Gasteiger partial charge < -0.3 is 15.7 Å². The van der Waals surface area contributed by atoms with Crippen LogP contribution in [0.25, 0.3) is 0 Å². The van der Waals surface area contributed by atoms with Gasteiger partial charge in [0.1, 0.15) is 5.54 Å². The zero-order valence-corrected chi connectivity index (χ0v) is 15.7. The smallest absolute Gasteiger partial charge is 0.247 e. The average Bonchev–Trinajstić information content (AvgIpc) is 3.10. The molecule has 1 saturated heterocycles. The first-order valence-electron chi connectivity index (χ1n) is 9.69. The molecule has 2 aromatic rings. The van der Waals surface area contributed by atoms with Crippen molar-refractivity contribution in [1.82, 2.24) is 15.5 Å². The van der Waals surface area contributed by atoms with Crippen molar-refractivity contribution in [2.45, 2.75) is 31.0 Å². The van der Waals surface area contributed by atoms with Gasteiger partial charge >= 0.3 is 0 Å². The van der Waals surface area contributed by atoms with Gasteiger partial charge in [-0.05, 0) is 30.9 Å². The first-order valence-corrected chi connectivity index (χ1v) is 9.69. The predicted molar refractivity (Wildman–Crippen MR) is 105 cm³/mol. The predicted octanol–water partition coefficient (Wildman–Crippen LogP) is 1.71. The Balaban J connectivity index is 1.71. The third-order valence-corrected chi connectivity index (χ3v) is 5.94. The summed E-state index contributed by atoms with van der Waals surface area (Å²) >= 11 is 0. The Labute approximate surface area is 160 Å². The molecule has 5 nitrogen and oxygen atoms in total. The molecule has 0 saturated carbocycles. The quantitative estimate of drug-likeness (QED) is 0.722. The zero-order chi connectivity index (χ0) is 18.9. The molecule has 1 aliphatic carbocycles. The maximum absolute atomic E-state index is 13.7. The Morgan fingerprint density at radius 1 is 1.11 bits per heavy atom. The highest BCUT2D eigenvalue weighted by Crippen LogP contribution is 2.42. The first kappa shape index (κ1) is 18.2. The summed E-state index contributed by atoms with van der Waals surface area (Å²) in [6.07, 6.45) is 1.62. The van der Waals surface area contributed by atoms with Crippen molar-refractivity contribution in [3.63, 3.8) is 0 Å². The number of amides is 1. The summed E-state index contributed by atoms with van der Waals surface area (Å²) in [6.45, 7) is 5.01. The Morgan fingerprint density at radius 3 is 2.52 bits per heavy atom. The normalized spacial score (nSPS) is 24.8. The molecule has 1 unspecified atom stereocenters. The van der Waals surface area contributed by atoms with E-state index in [-0.39, 0.29) is 5.91 Å². The number of nitrogens with one attached hydrogen (secondary N) is 2. The number of carbonyl (C=O) groups is 1. The molecule has 0 aromatic heterocycles. The van der Waals surface area contributed by atoms with Gasteiger partial charge in [-0.3, -0.25) is 9.69 Å². The highest BCUT2D eigenvalue weighted by molar-refractivity contribution is 5.89. The molecule has 27 heavy (non-hydrogen) atoms. The van der Waals surface area contributed by atoms with Crippen molar-refractivity contribution >= 4 is 5.91 Å². The van der Waals surface area contributed by atoms with E-state index in [9.17, 15) is 9.90 Å². The lowest BCUT2D eigenvalue weighted by Crippen LogP contribution is -2.62. The molecule has 1 amide bonds. The zero-order valence-electron chi connectivity index (χ0n) is 15.7. The van der Waals surface area contributed by atoms with E-state index in [4.69, 9.17) is 0 Å². The van der Waals surface area contributed by atoms with Gasteiger partial charge in [0.25, 0.3) is 0 Å². The first-order chi connectivity index (χ1) is 13.0. The maximum Gasteiger partial charge on any atom is 0.247 e. The van der Waals surface area contributed by atoms with Crippen molar-refractivity contribution in [1.29, 1.82) is 0 Å². The largest absolute Gasteiger partial charge is 0.367 e. The van der Waals surface area contributed by atoms with Crippen LogP contribution in [0.5, 0.6) is 0 Å². The van der Waals surface area contributed by atoms with Crippen LogP contribution in [0.1, 0.15) is 30.0 Å². The number of nitrogens with zero attached hydrogens (tertiary/aromatic N) is 1. The number of piperazine rings is 1. The number of hydrogen-bond donors (Lipinski definition) is 3. The summed E-state index contributed by atoms with van der Waals surface area (Å²) in [6, 6.07) is 17.5. The van der Waals surface area contributed by atoms with Crippen LogP contribution in [0.3, 0.4) is 0 Å². The molecule has 0 radical (unpaired) electrons. The van der Waals surface area contributed by atoms with Crippen LogP contribution in [0, 0.1) is 0 Å².